The molecule has 0 heterocycles. The largest absolute Gasteiger partial charge is 0.344 e. The van der Waals surface area contributed by atoms with E-state index in [4.69, 9.17) is 11.0 Å². The lowest BCUT2D eigenvalue weighted by molar-refractivity contribution is -0.131. The summed E-state index contributed by atoms with van der Waals surface area (Å²) in [7, 11) is 1.74. The minimum absolute atomic E-state index is 0.0781. The van der Waals surface area contributed by atoms with Gasteiger partial charge in [-0.3, -0.25) is 4.79 Å². The molecule has 0 spiro atoms. The van der Waals surface area contributed by atoms with Crippen LogP contribution in [0.4, 0.5) is 0 Å². The summed E-state index contributed by atoms with van der Waals surface area (Å²) in [5.41, 5.74) is 5.54. The number of amides is 1. The molecule has 1 amide bonds. The van der Waals surface area contributed by atoms with Crippen LogP contribution in [0.15, 0.2) is 0 Å². The van der Waals surface area contributed by atoms with E-state index < -0.39 is 0 Å². The minimum atomic E-state index is -0.114. The zero-order valence-electron chi connectivity index (χ0n) is 9.86. The number of hydrogen-bond acceptors (Lipinski definition) is 3. The molecule has 0 aromatic rings. The molecule has 0 aromatic carbocycles. The van der Waals surface area contributed by atoms with Gasteiger partial charge in [-0.05, 0) is 19.4 Å². The molecule has 2 atom stereocenters. The van der Waals surface area contributed by atoms with Crippen molar-refractivity contribution in [2.24, 2.45) is 17.6 Å². The zero-order chi connectivity index (χ0) is 11.8. The zero-order valence-corrected chi connectivity index (χ0v) is 9.86. The Balaban J connectivity index is 4.04. The molecule has 0 aliphatic carbocycles. The topological polar surface area (TPSA) is 70.1 Å². The van der Waals surface area contributed by atoms with E-state index in [2.05, 4.69) is 6.07 Å². The molecule has 0 aliphatic rings. The molecule has 0 bridgehead atoms. The molecule has 0 aliphatic heterocycles. The van der Waals surface area contributed by atoms with Crippen LogP contribution in [0.2, 0.25) is 0 Å². The SMILES string of the molecule is CCC(CN)CC(=O)N(C)CC(C)C#N. The van der Waals surface area contributed by atoms with Gasteiger partial charge in [-0.15, -0.1) is 0 Å². The molecular weight excluding hydrogens is 190 g/mol. The van der Waals surface area contributed by atoms with Crippen LogP contribution >= 0.6 is 0 Å². The maximum atomic E-state index is 11.7. The van der Waals surface area contributed by atoms with E-state index in [1.807, 2.05) is 13.8 Å². The maximum absolute atomic E-state index is 11.7. The second kappa shape index (κ2) is 7.24. The Kier molecular flexibility index (Phi) is 6.72. The second-order valence-electron chi connectivity index (χ2n) is 4.02. The van der Waals surface area contributed by atoms with E-state index in [1.165, 1.54) is 0 Å². The van der Waals surface area contributed by atoms with Gasteiger partial charge in [0, 0.05) is 20.0 Å². The van der Waals surface area contributed by atoms with Crippen LogP contribution in [-0.4, -0.2) is 30.9 Å². The Hall–Kier alpha value is -1.08. The van der Waals surface area contributed by atoms with Gasteiger partial charge in [-0.1, -0.05) is 13.3 Å². The monoisotopic (exact) mass is 211 g/mol. The number of nitriles is 1. The minimum Gasteiger partial charge on any atom is -0.344 e. The van der Waals surface area contributed by atoms with Crippen molar-refractivity contribution >= 4 is 5.91 Å². The van der Waals surface area contributed by atoms with E-state index in [-0.39, 0.29) is 17.7 Å². The highest BCUT2D eigenvalue weighted by atomic mass is 16.2. The van der Waals surface area contributed by atoms with Crippen LogP contribution in [-0.2, 0) is 4.79 Å². The van der Waals surface area contributed by atoms with Crippen molar-refractivity contribution in [3.63, 3.8) is 0 Å². The van der Waals surface area contributed by atoms with Gasteiger partial charge in [0.05, 0.1) is 12.0 Å². The summed E-state index contributed by atoms with van der Waals surface area (Å²) in [5.74, 6) is 0.226. The highest BCUT2D eigenvalue weighted by Crippen LogP contribution is 2.09. The van der Waals surface area contributed by atoms with Crippen LogP contribution < -0.4 is 5.73 Å². The molecule has 2 unspecified atom stereocenters. The Morgan fingerprint density at radius 1 is 1.60 bits per heavy atom. The van der Waals surface area contributed by atoms with Crippen molar-refractivity contribution in [3.8, 4) is 6.07 Å². The van der Waals surface area contributed by atoms with E-state index in [1.54, 1.807) is 11.9 Å². The second-order valence-corrected chi connectivity index (χ2v) is 4.02. The third-order valence-corrected chi connectivity index (χ3v) is 2.57. The lowest BCUT2D eigenvalue weighted by atomic mass is 10.0. The molecule has 0 aromatic heterocycles. The van der Waals surface area contributed by atoms with Gasteiger partial charge in [0.15, 0.2) is 0 Å². The number of rotatable bonds is 6. The molecule has 86 valence electrons. The fourth-order valence-electron chi connectivity index (χ4n) is 1.35. The fraction of sp³-hybridized carbons (Fsp3) is 0.818. The Bertz CT molecular complexity index is 230. The van der Waals surface area contributed by atoms with Crippen molar-refractivity contribution in [2.75, 3.05) is 20.1 Å². The molecule has 0 rings (SSSR count). The van der Waals surface area contributed by atoms with Gasteiger partial charge in [0.2, 0.25) is 5.91 Å². The first-order valence-electron chi connectivity index (χ1n) is 5.38. The van der Waals surface area contributed by atoms with Crippen molar-refractivity contribution in [1.82, 2.24) is 4.90 Å². The van der Waals surface area contributed by atoms with E-state index in [9.17, 15) is 4.79 Å². The van der Waals surface area contributed by atoms with Gasteiger partial charge in [0.1, 0.15) is 0 Å². The first-order valence-corrected chi connectivity index (χ1v) is 5.38. The maximum Gasteiger partial charge on any atom is 0.222 e. The summed E-state index contributed by atoms with van der Waals surface area (Å²) in [5, 5.41) is 8.63. The number of nitrogens with two attached hydrogens (primary N) is 1. The number of nitrogens with zero attached hydrogens (tertiary/aromatic N) is 2. The highest BCUT2D eigenvalue weighted by molar-refractivity contribution is 5.76. The van der Waals surface area contributed by atoms with Crippen LogP contribution in [0.25, 0.3) is 0 Å². The summed E-state index contributed by atoms with van der Waals surface area (Å²) in [6.45, 7) is 4.88. The number of hydrogen-bond donors (Lipinski definition) is 1. The summed E-state index contributed by atoms with van der Waals surface area (Å²) in [4.78, 5) is 13.3. The van der Waals surface area contributed by atoms with E-state index >= 15 is 0 Å². The Morgan fingerprint density at radius 3 is 2.60 bits per heavy atom. The van der Waals surface area contributed by atoms with Crippen molar-refractivity contribution < 1.29 is 4.79 Å². The van der Waals surface area contributed by atoms with Gasteiger partial charge in [-0.25, -0.2) is 0 Å². The summed E-state index contributed by atoms with van der Waals surface area (Å²) in [6, 6.07) is 2.11. The van der Waals surface area contributed by atoms with Gasteiger partial charge in [-0.2, -0.15) is 5.26 Å². The van der Waals surface area contributed by atoms with E-state index in [0.717, 1.165) is 6.42 Å². The van der Waals surface area contributed by atoms with Crippen molar-refractivity contribution in [2.45, 2.75) is 26.7 Å². The predicted molar refractivity (Wildman–Crippen MR) is 59.9 cm³/mol. The molecule has 15 heavy (non-hydrogen) atoms. The van der Waals surface area contributed by atoms with E-state index in [0.29, 0.717) is 19.5 Å². The van der Waals surface area contributed by atoms with Gasteiger partial charge in [0.25, 0.3) is 0 Å². The van der Waals surface area contributed by atoms with Crippen molar-refractivity contribution in [1.29, 1.82) is 5.26 Å². The molecule has 2 N–H and O–H groups in total. The molecule has 4 heteroatoms. The number of carbonyl (C=O) groups is 1. The standard InChI is InChI=1S/C11H21N3O/c1-4-10(7-13)5-11(15)14(3)8-9(2)6-12/h9-10H,4-5,7-8,13H2,1-3H3. The van der Waals surface area contributed by atoms with Crippen LogP contribution in [0.3, 0.4) is 0 Å². The normalized spacial score (nSPS) is 14.1. The molecule has 0 fully saturated rings. The summed E-state index contributed by atoms with van der Waals surface area (Å²) in [6.07, 6.45) is 1.41. The average molecular weight is 211 g/mol. The van der Waals surface area contributed by atoms with Gasteiger partial charge >= 0.3 is 0 Å². The van der Waals surface area contributed by atoms with Gasteiger partial charge < -0.3 is 10.6 Å². The lowest BCUT2D eigenvalue weighted by Gasteiger charge is -2.20. The first kappa shape index (κ1) is 13.9. The molecule has 0 saturated carbocycles. The van der Waals surface area contributed by atoms with Crippen LogP contribution in [0.1, 0.15) is 26.7 Å². The smallest absolute Gasteiger partial charge is 0.222 e. The summed E-state index contributed by atoms with van der Waals surface area (Å²) >= 11 is 0. The third kappa shape index (κ3) is 5.38. The Labute approximate surface area is 92.0 Å². The molecule has 0 radical (unpaired) electrons. The summed E-state index contributed by atoms with van der Waals surface area (Å²) < 4.78 is 0. The predicted octanol–water partition coefficient (Wildman–Crippen LogP) is 0.979. The Morgan fingerprint density at radius 2 is 2.20 bits per heavy atom. The van der Waals surface area contributed by atoms with Crippen molar-refractivity contribution in [3.05, 3.63) is 0 Å². The molecule has 0 saturated heterocycles. The molecular formula is C11H21N3O. The number of carbonyl (C=O) groups excluding carboxylic acids is 1. The lowest BCUT2D eigenvalue weighted by Crippen LogP contribution is -2.33. The van der Waals surface area contributed by atoms with Crippen LogP contribution in [0.5, 0.6) is 0 Å². The third-order valence-electron chi connectivity index (χ3n) is 2.57. The molecule has 4 nitrogen and oxygen atoms in total. The quantitative estimate of drug-likeness (QED) is 0.712. The van der Waals surface area contributed by atoms with Crippen LogP contribution in [0, 0.1) is 23.2 Å². The average Bonchev–Trinajstić information content (AvgIpc) is 2.24. The highest BCUT2D eigenvalue weighted by Gasteiger charge is 2.15. The fourth-order valence-corrected chi connectivity index (χ4v) is 1.35. The first-order chi connectivity index (χ1) is 7.04.